The number of aromatic nitrogens is 1. The van der Waals surface area contributed by atoms with E-state index in [-0.39, 0.29) is 30.3 Å². The van der Waals surface area contributed by atoms with Crippen molar-refractivity contribution in [3.8, 4) is 0 Å². The molecule has 2 amide bonds. The van der Waals surface area contributed by atoms with E-state index in [1.54, 1.807) is 30.3 Å². The first-order valence-corrected chi connectivity index (χ1v) is 14.5. The van der Waals surface area contributed by atoms with Gasteiger partial charge in [0.05, 0.1) is 12.1 Å². The van der Waals surface area contributed by atoms with Crippen LogP contribution in [-0.4, -0.2) is 65.9 Å². The number of carbonyl (C=O) groups excluding carboxylic acids is 2. The summed E-state index contributed by atoms with van der Waals surface area (Å²) in [5, 5.41) is 17.2. The van der Waals surface area contributed by atoms with Gasteiger partial charge in [0, 0.05) is 31.1 Å². The van der Waals surface area contributed by atoms with Crippen molar-refractivity contribution >= 4 is 32.8 Å². The molecule has 2 aromatic carbocycles. The maximum absolute atomic E-state index is 13.5. The summed E-state index contributed by atoms with van der Waals surface area (Å²) in [7, 11) is -3.90. The number of carbonyl (C=O) groups is 2. The Morgan fingerprint density at radius 2 is 1.80 bits per heavy atom. The van der Waals surface area contributed by atoms with Crippen LogP contribution in [0.4, 0.5) is 0 Å². The van der Waals surface area contributed by atoms with E-state index in [9.17, 15) is 23.1 Å². The summed E-state index contributed by atoms with van der Waals surface area (Å²) < 4.78 is 33.0. The van der Waals surface area contributed by atoms with Gasteiger partial charge in [0.2, 0.25) is 5.91 Å². The van der Waals surface area contributed by atoms with Gasteiger partial charge in [0.1, 0.15) is 11.6 Å². The van der Waals surface area contributed by atoms with Crippen molar-refractivity contribution in [3.63, 3.8) is 0 Å². The number of sulfonamides is 1. The third kappa shape index (κ3) is 6.22. The molecule has 208 valence electrons. The predicted octanol–water partition coefficient (Wildman–Crippen LogP) is 2.50. The average Bonchev–Trinajstić information content (AvgIpc) is 3.32. The van der Waals surface area contributed by atoms with Crippen molar-refractivity contribution in [2.45, 2.75) is 42.5 Å². The standard InChI is InChI=1S/C29H30N4O6S/c34-24-19-33(40(37,38)27-14-6-7-15-30-27)16-8-12-22(24)31-28(35)23(17-20-9-2-1-3-10-20)32-29(36)26-18-21-11-4-5-13-25(21)39-26/h1-7,9-11,13-15,18,22-24,34H,8,12,16-17,19H2,(H,31,35)(H,32,36)/t22?,23-,24?/m0/s1. The van der Waals surface area contributed by atoms with Gasteiger partial charge >= 0.3 is 0 Å². The molecule has 2 aromatic heterocycles. The van der Waals surface area contributed by atoms with Crippen LogP contribution in [0, 0.1) is 0 Å². The van der Waals surface area contributed by atoms with E-state index in [1.807, 2.05) is 42.5 Å². The zero-order chi connectivity index (χ0) is 28.1. The van der Waals surface area contributed by atoms with Gasteiger partial charge in [-0.2, -0.15) is 4.31 Å². The van der Waals surface area contributed by atoms with Crippen LogP contribution in [0.2, 0.25) is 0 Å². The minimum absolute atomic E-state index is 0.0805. The largest absolute Gasteiger partial charge is 0.451 e. The molecule has 3 atom stereocenters. The van der Waals surface area contributed by atoms with E-state index < -0.39 is 40.0 Å². The molecule has 0 aliphatic carbocycles. The molecule has 5 rings (SSSR count). The zero-order valence-electron chi connectivity index (χ0n) is 21.6. The molecule has 1 saturated heterocycles. The minimum atomic E-state index is -3.90. The monoisotopic (exact) mass is 562 g/mol. The Balaban J connectivity index is 1.30. The first-order valence-electron chi connectivity index (χ1n) is 13.0. The second-order valence-corrected chi connectivity index (χ2v) is 11.6. The fourth-order valence-electron chi connectivity index (χ4n) is 4.79. The molecule has 0 spiro atoms. The maximum Gasteiger partial charge on any atom is 0.287 e. The zero-order valence-corrected chi connectivity index (χ0v) is 22.5. The van der Waals surface area contributed by atoms with Crippen LogP contribution in [0.1, 0.15) is 29.0 Å². The van der Waals surface area contributed by atoms with Gasteiger partial charge in [-0.25, -0.2) is 13.4 Å². The van der Waals surface area contributed by atoms with Crippen LogP contribution in [0.3, 0.4) is 0 Å². The number of rotatable bonds is 8. The molecule has 0 bridgehead atoms. The van der Waals surface area contributed by atoms with E-state index >= 15 is 0 Å². The van der Waals surface area contributed by atoms with E-state index in [2.05, 4.69) is 15.6 Å². The fraction of sp³-hybridized carbons (Fsp3) is 0.276. The minimum Gasteiger partial charge on any atom is -0.451 e. The van der Waals surface area contributed by atoms with Crippen LogP contribution >= 0.6 is 0 Å². The summed E-state index contributed by atoms with van der Waals surface area (Å²) in [5.74, 6) is -0.948. The second kappa shape index (κ2) is 12.0. The number of nitrogens with zero attached hydrogens (tertiary/aromatic N) is 2. The summed E-state index contributed by atoms with van der Waals surface area (Å²) in [6, 6.07) is 21.0. The van der Waals surface area contributed by atoms with E-state index in [0.29, 0.717) is 18.4 Å². The highest BCUT2D eigenvalue weighted by molar-refractivity contribution is 7.89. The van der Waals surface area contributed by atoms with E-state index in [4.69, 9.17) is 4.42 Å². The fourth-order valence-corrected chi connectivity index (χ4v) is 6.22. The SMILES string of the molecule is O=C(N[C@@H](Cc1ccccc1)C(=O)NC1CCCN(S(=O)(=O)c2ccccn2)CC1O)c1cc2ccccc2o1. The molecule has 4 aromatic rings. The smallest absolute Gasteiger partial charge is 0.287 e. The molecule has 3 heterocycles. The number of aliphatic hydroxyl groups excluding tert-OH is 1. The van der Waals surface area contributed by atoms with Crippen LogP contribution in [0.15, 0.2) is 94.5 Å². The quantitative estimate of drug-likeness (QED) is 0.300. The topological polar surface area (TPSA) is 142 Å². The van der Waals surface area contributed by atoms with Crippen LogP contribution in [0.5, 0.6) is 0 Å². The lowest BCUT2D eigenvalue weighted by atomic mass is 10.0. The molecule has 40 heavy (non-hydrogen) atoms. The van der Waals surface area contributed by atoms with Crippen molar-refractivity contribution in [2.75, 3.05) is 13.1 Å². The van der Waals surface area contributed by atoms with Crippen molar-refractivity contribution < 1.29 is 27.5 Å². The molecule has 3 N–H and O–H groups in total. The number of aliphatic hydroxyl groups is 1. The van der Waals surface area contributed by atoms with Crippen molar-refractivity contribution in [1.29, 1.82) is 0 Å². The number of pyridine rings is 1. The van der Waals surface area contributed by atoms with Crippen LogP contribution in [0.25, 0.3) is 11.0 Å². The number of hydrogen-bond donors (Lipinski definition) is 3. The third-order valence-electron chi connectivity index (χ3n) is 6.90. The first kappa shape index (κ1) is 27.5. The number of benzene rings is 2. The number of β-amino-alcohol motifs (C(OH)–C–C–N with tert-alkyl or cyclic N) is 1. The molecule has 0 saturated carbocycles. The molecule has 10 nitrogen and oxygen atoms in total. The number of furan rings is 1. The summed E-state index contributed by atoms with van der Waals surface area (Å²) in [6.45, 7) is -0.0167. The number of nitrogens with one attached hydrogen (secondary N) is 2. The Hall–Kier alpha value is -4.06. The Morgan fingerprint density at radius 3 is 2.55 bits per heavy atom. The molecule has 1 aliphatic heterocycles. The number of amides is 2. The normalized spacial score (nSPS) is 19.0. The average molecular weight is 563 g/mol. The van der Waals surface area contributed by atoms with Crippen molar-refractivity contribution in [1.82, 2.24) is 19.9 Å². The van der Waals surface area contributed by atoms with Gasteiger partial charge in [-0.3, -0.25) is 9.59 Å². The number of para-hydroxylation sites is 1. The molecule has 1 fully saturated rings. The molecule has 1 aliphatic rings. The Kier molecular flexibility index (Phi) is 8.24. The lowest BCUT2D eigenvalue weighted by molar-refractivity contribution is -0.124. The maximum atomic E-state index is 13.5. The predicted molar refractivity (Wildman–Crippen MR) is 148 cm³/mol. The first-order chi connectivity index (χ1) is 19.3. The lowest BCUT2D eigenvalue weighted by Crippen LogP contribution is -2.54. The Labute approximate surface area is 232 Å². The van der Waals surface area contributed by atoms with E-state index in [1.165, 1.54) is 16.6 Å². The Bertz CT molecular complexity index is 1540. The van der Waals surface area contributed by atoms with Crippen molar-refractivity contribution in [2.24, 2.45) is 0 Å². The molecular formula is C29H30N4O6S. The van der Waals surface area contributed by atoms with Gasteiger partial charge in [-0.1, -0.05) is 54.6 Å². The number of hydrogen-bond acceptors (Lipinski definition) is 7. The van der Waals surface area contributed by atoms with Gasteiger partial charge in [0.25, 0.3) is 15.9 Å². The highest BCUT2D eigenvalue weighted by Crippen LogP contribution is 2.21. The highest BCUT2D eigenvalue weighted by Gasteiger charge is 2.35. The second-order valence-electron chi connectivity index (χ2n) is 9.72. The van der Waals surface area contributed by atoms with Gasteiger partial charge in [-0.05, 0) is 42.7 Å². The molecule has 0 radical (unpaired) electrons. The molecule has 2 unspecified atom stereocenters. The van der Waals surface area contributed by atoms with Crippen molar-refractivity contribution in [3.05, 3.63) is 96.4 Å². The summed E-state index contributed by atoms with van der Waals surface area (Å²) in [4.78, 5) is 30.6. The third-order valence-corrected chi connectivity index (χ3v) is 8.68. The highest BCUT2D eigenvalue weighted by atomic mass is 32.2. The van der Waals surface area contributed by atoms with Gasteiger partial charge in [-0.15, -0.1) is 0 Å². The summed E-state index contributed by atoms with van der Waals surface area (Å²) in [6.07, 6.45) is 1.23. The van der Waals surface area contributed by atoms with Gasteiger partial charge in [0.15, 0.2) is 10.8 Å². The molecular weight excluding hydrogens is 532 g/mol. The van der Waals surface area contributed by atoms with Crippen LogP contribution < -0.4 is 10.6 Å². The Morgan fingerprint density at radius 1 is 1.05 bits per heavy atom. The summed E-state index contributed by atoms with van der Waals surface area (Å²) >= 11 is 0. The number of fused-ring (bicyclic) bond motifs is 1. The molecule has 11 heteroatoms. The summed E-state index contributed by atoms with van der Waals surface area (Å²) in [5.41, 5.74) is 1.39. The van der Waals surface area contributed by atoms with Gasteiger partial charge < -0.3 is 20.2 Å². The van der Waals surface area contributed by atoms with E-state index in [0.717, 1.165) is 10.9 Å². The lowest BCUT2D eigenvalue weighted by Gasteiger charge is -2.27. The van der Waals surface area contributed by atoms with Crippen LogP contribution in [-0.2, 0) is 21.2 Å².